The molecule has 1 unspecified atom stereocenters. The van der Waals surface area contributed by atoms with Crippen LogP contribution in [0.4, 0.5) is 0 Å². The number of nitrogens with zero attached hydrogens (tertiary/aromatic N) is 2. The monoisotopic (exact) mass is 225 g/mol. The van der Waals surface area contributed by atoms with E-state index in [0.717, 1.165) is 17.4 Å². The molecule has 0 radical (unpaired) electrons. The van der Waals surface area contributed by atoms with Crippen LogP contribution in [0.3, 0.4) is 0 Å². The van der Waals surface area contributed by atoms with Gasteiger partial charge in [0.1, 0.15) is 12.0 Å². The summed E-state index contributed by atoms with van der Waals surface area (Å²) in [6.45, 7) is 6.07. The summed E-state index contributed by atoms with van der Waals surface area (Å²) in [5, 5.41) is 8.73. The number of thioether (sulfide) groups is 1. The first-order chi connectivity index (χ1) is 7.25. The van der Waals surface area contributed by atoms with Crippen LogP contribution >= 0.6 is 11.8 Å². The summed E-state index contributed by atoms with van der Waals surface area (Å²) in [7, 11) is 0. The van der Waals surface area contributed by atoms with Crippen LogP contribution in [0.1, 0.15) is 19.5 Å². The van der Waals surface area contributed by atoms with Gasteiger partial charge in [0.15, 0.2) is 5.17 Å². The molecule has 15 heavy (non-hydrogen) atoms. The van der Waals surface area contributed by atoms with E-state index in [0.29, 0.717) is 17.7 Å². The number of aromatic nitrogens is 1. The highest BCUT2D eigenvalue weighted by Crippen LogP contribution is 2.25. The number of amidine groups is 1. The molecule has 1 aliphatic heterocycles. The molecular weight excluding hydrogens is 210 g/mol. The molecule has 1 N–H and O–H groups in total. The summed E-state index contributed by atoms with van der Waals surface area (Å²) in [6.07, 6.45) is 1.58. The third-order valence-corrected chi connectivity index (χ3v) is 3.83. The van der Waals surface area contributed by atoms with E-state index in [1.807, 2.05) is 17.8 Å². The van der Waals surface area contributed by atoms with Gasteiger partial charge in [-0.3, -0.25) is 4.99 Å². The van der Waals surface area contributed by atoms with Crippen molar-refractivity contribution >= 4 is 16.9 Å². The molecule has 0 saturated carbocycles. The molecule has 1 atom stereocenters. The highest BCUT2D eigenvalue weighted by molar-refractivity contribution is 8.14. The van der Waals surface area contributed by atoms with Gasteiger partial charge in [-0.2, -0.15) is 0 Å². The van der Waals surface area contributed by atoms with Gasteiger partial charge in [-0.15, -0.1) is 0 Å². The molecule has 2 heterocycles. The Morgan fingerprint density at radius 1 is 1.67 bits per heavy atom. The molecule has 82 valence electrons. The number of rotatable bonds is 3. The van der Waals surface area contributed by atoms with Crippen molar-refractivity contribution in [3.8, 4) is 0 Å². The Morgan fingerprint density at radius 3 is 3.13 bits per heavy atom. The van der Waals surface area contributed by atoms with Crippen LogP contribution in [0.5, 0.6) is 0 Å². The summed E-state index contributed by atoms with van der Waals surface area (Å²) in [6, 6.07) is 1.85. The summed E-state index contributed by atoms with van der Waals surface area (Å²) in [5.74, 6) is 0.671. The molecule has 0 saturated heterocycles. The van der Waals surface area contributed by atoms with Gasteiger partial charge in [-0.05, 0) is 5.92 Å². The molecule has 1 aromatic rings. The molecule has 1 aliphatic rings. The van der Waals surface area contributed by atoms with E-state index in [1.54, 1.807) is 6.26 Å². The van der Waals surface area contributed by atoms with Crippen LogP contribution in [-0.4, -0.2) is 22.1 Å². The van der Waals surface area contributed by atoms with Crippen molar-refractivity contribution in [3.63, 3.8) is 0 Å². The van der Waals surface area contributed by atoms with Gasteiger partial charge >= 0.3 is 0 Å². The first-order valence-electron chi connectivity index (χ1n) is 5.10. The highest BCUT2D eigenvalue weighted by atomic mass is 32.2. The second-order valence-corrected chi connectivity index (χ2v) is 5.12. The molecule has 4 nitrogen and oxygen atoms in total. The second-order valence-electron chi connectivity index (χ2n) is 3.89. The van der Waals surface area contributed by atoms with Gasteiger partial charge in [0.25, 0.3) is 0 Å². The van der Waals surface area contributed by atoms with Crippen LogP contribution < -0.4 is 5.32 Å². The molecule has 1 aromatic heterocycles. The molecule has 0 aromatic carbocycles. The van der Waals surface area contributed by atoms with Gasteiger partial charge in [0.05, 0.1) is 13.1 Å². The van der Waals surface area contributed by atoms with Gasteiger partial charge in [0.2, 0.25) is 0 Å². The predicted octanol–water partition coefficient (Wildman–Crippen LogP) is 1.89. The van der Waals surface area contributed by atoms with Crippen LogP contribution in [0, 0.1) is 5.92 Å². The number of nitrogens with one attached hydrogen (secondary N) is 1. The zero-order valence-electron chi connectivity index (χ0n) is 8.93. The van der Waals surface area contributed by atoms with Crippen LogP contribution in [0.15, 0.2) is 21.8 Å². The van der Waals surface area contributed by atoms with Crippen molar-refractivity contribution in [2.24, 2.45) is 10.9 Å². The Balaban J connectivity index is 1.78. The number of hydrogen-bond donors (Lipinski definition) is 1. The fraction of sp³-hybridized carbons (Fsp3) is 0.600. The van der Waals surface area contributed by atoms with E-state index in [-0.39, 0.29) is 0 Å². The second kappa shape index (κ2) is 4.70. The summed E-state index contributed by atoms with van der Waals surface area (Å²) >= 11 is 1.82. The highest BCUT2D eigenvalue weighted by Gasteiger charge is 2.22. The quantitative estimate of drug-likeness (QED) is 0.853. The predicted molar refractivity (Wildman–Crippen MR) is 61.9 cm³/mol. The standard InChI is InChI=1S/C10H15N3OS/c1-7(2)9-6-12-10(15-9)11-5-8-3-4-14-13-8/h3-4,7,9H,5-6H2,1-2H3,(H,11,12). The van der Waals surface area contributed by atoms with Crippen LogP contribution in [-0.2, 0) is 6.54 Å². The van der Waals surface area contributed by atoms with E-state index >= 15 is 0 Å². The lowest BCUT2D eigenvalue weighted by Gasteiger charge is -2.11. The first-order valence-corrected chi connectivity index (χ1v) is 5.98. The Bertz CT molecular complexity index is 334. The average Bonchev–Trinajstić information content (AvgIpc) is 2.86. The Hall–Kier alpha value is -0.970. The van der Waals surface area contributed by atoms with Gasteiger partial charge < -0.3 is 9.84 Å². The SMILES string of the molecule is CC(C)C1CN=C(NCc2ccon2)S1. The minimum Gasteiger partial charge on any atom is -0.364 e. The third kappa shape index (κ3) is 2.75. The molecule has 0 fully saturated rings. The zero-order chi connectivity index (χ0) is 10.7. The lowest BCUT2D eigenvalue weighted by atomic mass is 10.1. The maximum Gasteiger partial charge on any atom is 0.157 e. The Morgan fingerprint density at radius 2 is 2.53 bits per heavy atom. The fourth-order valence-electron chi connectivity index (χ4n) is 1.33. The Kier molecular flexibility index (Phi) is 3.30. The molecule has 5 heteroatoms. The van der Waals surface area contributed by atoms with Crippen LogP contribution in [0.25, 0.3) is 0 Å². The van der Waals surface area contributed by atoms with E-state index in [2.05, 4.69) is 29.3 Å². The minimum atomic E-state index is 0.616. The van der Waals surface area contributed by atoms with Crippen molar-refractivity contribution in [3.05, 3.63) is 18.0 Å². The third-order valence-electron chi connectivity index (χ3n) is 2.33. The summed E-state index contributed by atoms with van der Waals surface area (Å²) in [4.78, 5) is 4.45. The van der Waals surface area contributed by atoms with E-state index < -0.39 is 0 Å². The summed E-state index contributed by atoms with van der Waals surface area (Å²) < 4.78 is 4.75. The number of hydrogen-bond acceptors (Lipinski definition) is 5. The van der Waals surface area contributed by atoms with Gasteiger partial charge in [0, 0.05) is 11.3 Å². The van der Waals surface area contributed by atoms with E-state index in [4.69, 9.17) is 4.52 Å². The van der Waals surface area contributed by atoms with Crippen molar-refractivity contribution in [1.82, 2.24) is 10.5 Å². The molecule has 2 rings (SSSR count). The van der Waals surface area contributed by atoms with Crippen LogP contribution in [0.2, 0.25) is 0 Å². The largest absolute Gasteiger partial charge is 0.364 e. The first kappa shape index (κ1) is 10.5. The van der Waals surface area contributed by atoms with E-state index in [1.165, 1.54) is 0 Å². The Labute approximate surface area is 93.5 Å². The molecule has 0 amide bonds. The van der Waals surface area contributed by atoms with Gasteiger partial charge in [-0.1, -0.05) is 30.8 Å². The smallest absolute Gasteiger partial charge is 0.157 e. The van der Waals surface area contributed by atoms with Crippen molar-refractivity contribution in [2.45, 2.75) is 25.6 Å². The molecule has 0 spiro atoms. The fourth-order valence-corrected chi connectivity index (χ4v) is 2.34. The lowest BCUT2D eigenvalue weighted by molar-refractivity contribution is 0.411. The lowest BCUT2D eigenvalue weighted by Crippen LogP contribution is -2.20. The minimum absolute atomic E-state index is 0.616. The van der Waals surface area contributed by atoms with E-state index in [9.17, 15) is 0 Å². The molecular formula is C10H15N3OS. The average molecular weight is 225 g/mol. The van der Waals surface area contributed by atoms with Crippen molar-refractivity contribution in [1.29, 1.82) is 0 Å². The summed E-state index contributed by atoms with van der Waals surface area (Å²) in [5.41, 5.74) is 0.909. The molecule has 0 aliphatic carbocycles. The van der Waals surface area contributed by atoms with Crippen molar-refractivity contribution < 1.29 is 4.52 Å². The van der Waals surface area contributed by atoms with Crippen molar-refractivity contribution in [2.75, 3.05) is 6.54 Å². The maximum atomic E-state index is 4.75. The normalized spacial score (nSPS) is 20.7. The zero-order valence-corrected chi connectivity index (χ0v) is 9.75. The molecule has 0 bridgehead atoms. The number of aliphatic imine (C=N–C) groups is 1. The van der Waals surface area contributed by atoms with Gasteiger partial charge in [-0.25, -0.2) is 0 Å². The topological polar surface area (TPSA) is 50.4 Å². The maximum absolute atomic E-state index is 4.75.